The summed E-state index contributed by atoms with van der Waals surface area (Å²) in [5, 5.41) is 0. The second-order valence-corrected chi connectivity index (χ2v) is 6.42. The van der Waals surface area contributed by atoms with E-state index in [0.717, 1.165) is 12.5 Å². The van der Waals surface area contributed by atoms with Crippen molar-refractivity contribution in [3.63, 3.8) is 0 Å². The van der Waals surface area contributed by atoms with Gasteiger partial charge in [0.15, 0.2) is 6.29 Å². The van der Waals surface area contributed by atoms with Crippen molar-refractivity contribution in [1.82, 2.24) is 0 Å². The Bertz CT molecular complexity index is 179. The normalized spacial score (nSPS) is 17.8. The predicted octanol–water partition coefficient (Wildman–Crippen LogP) is 1.80. The Morgan fingerprint density at radius 2 is 1.41 bits per heavy atom. The highest BCUT2D eigenvalue weighted by Gasteiger charge is 2.41. The molecule has 0 bridgehead atoms. The van der Waals surface area contributed by atoms with Crippen molar-refractivity contribution < 1.29 is 22.8 Å². The molecule has 1 fully saturated rings. The molecule has 0 aromatic rings. The molecule has 0 aromatic heterocycles. The van der Waals surface area contributed by atoms with E-state index in [1.807, 2.05) is 20.8 Å². The van der Waals surface area contributed by atoms with Gasteiger partial charge in [-0.2, -0.15) is 0 Å². The topological polar surface area (TPSA) is 46.2 Å². The van der Waals surface area contributed by atoms with E-state index in [-0.39, 0.29) is 6.29 Å². The van der Waals surface area contributed by atoms with Crippen LogP contribution in [0.5, 0.6) is 0 Å². The van der Waals surface area contributed by atoms with Crippen molar-refractivity contribution in [2.45, 2.75) is 39.5 Å². The molecule has 1 saturated heterocycles. The maximum absolute atomic E-state index is 5.75. The zero-order valence-corrected chi connectivity index (χ0v) is 12.1. The van der Waals surface area contributed by atoms with Crippen LogP contribution < -0.4 is 0 Å². The van der Waals surface area contributed by atoms with Crippen LogP contribution in [0.1, 0.15) is 27.2 Å². The lowest BCUT2D eigenvalue weighted by molar-refractivity contribution is -0.0474. The lowest BCUT2D eigenvalue weighted by Gasteiger charge is -2.29. The van der Waals surface area contributed by atoms with E-state index in [9.17, 15) is 0 Å². The van der Waals surface area contributed by atoms with Crippen molar-refractivity contribution in [1.29, 1.82) is 0 Å². The van der Waals surface area contributed by atoms with Gasteiger partial charge in [-0.1, -0.05) is 0 Å². The second-order valence-electron chi connectivity index (χ2n) is 3.69. The monoisotopic (exact) mass is 264 g/mol. The quantitative estimate of drug-likeness (QED) is 0.594. The average Bonchev–Trinajstić information content (AvgIpc) is 2.80. The fraction of sp³-hybridized carbons (Fsp3) is 1.00. The summed E-state index contributed by atoms with van der Waals surface area (Å²) in [6, 6.07) is 0.743. The minimum Gasteiger partial charge on any atom is -0.374 e. The molecule has 0 N–H and O–H groups in total. The first-order valence-electron chi connectivity index (χ1n) is 6.41. The molecule has 102 valence electrons. The van der Waals surface area contributed by atoms with Gasteiger partial charge in [0, 0.05) is 32.3 Å². The van der Waals surface area contributed by atoms with Gasteiger partial charge in [-0.25, -0.2) is 0 Å². The van der Waals surface area contributed by atoms with Gasteiger partial charge in [0.2, 0.25) is 0 Å². The zero-order valence-electron chi connectivity index (χ0n) is 11.1. The summed E-state index contributed by atoms with van der Waals surface area (Å²) in [6.07, 6.45) is 0.648. The third-order valence-corrected chi connectivity index (χ3v) is 5.56. The van der Waals surface area contributed by atoms with Gasteiger partial charge in [-0.15, -0.1) is 0 Å². The first-order chi connectivity index (χ1) is 8.26. The van der Waals surface area contributed by atoms with Gasteiger partial charge in [-0.05, 0) is 20.8 Å². The number of hydrogen-bond donors (Lipinski definition) is 0. The average molecular weight is 264 g/mol. The Hall–Kier alpha value is 0.0169. The Kier molecular flexibility index (Phi) is 7.25. The minimum atomic E-state index is -2.52. The van der Waals surface area contributed by atoms with Crippen LogP contribution in [0.15, 0.2) is 0 Å². The van der Waals surface area contributed by atoms with Crippen molar-refractivity contribution in [2.24, 2.45) is 0 Å². The zero-order chi connectivity index (χ0) is 12.6. The molecule has 5 nitrogen and oxygen atoms in total. The van der Waals surface area contributed by atoms with E-state index >= 15 is 0 Å². The lowest BCUT2D eigenvalue weighted by atomic mass is 10.5. The van der Waals surface area contributed by atoms with Crippen LogP contribution >= 0.6 is 0 Å². The maximum atomic E-state index is 5.75. The maximum Gasteiger partial charge on any atom is 0.501 e. The minimum absolute atomic E-state index is 0.122. The molecule has 0 radical (unpaired) electrons. The largest absolute Gasteiger partial charge is 0.501 e. The van der Waals surface area contributed by atoms with E-state index in [4.69, 9.17) is 22.8 Å². The van der Waals surface area contributed by atoms with E-state index in [2.05, 4.69) is 0 Å². The van der Waals surface area contributed by atoms with Crippen LogP contribution in [0, 0.1) is 0 Å². The van der Waals surface area contributed by atoms with Crippen molar-refractivity contribution in [3.05, 3.63) is 0 Å². The molecule has 0 aliphatic carbocycles. The van der Waals surface area contributed by atoms with E-state index < -0.39 is 8.80 Å². The molecule has 1 rings (SSSR count). The van der Waals surface area contributed by atoms with Gasteiger partial charge in [-0.3, -0.25) is 0 Å². The molecule has 1 aliphatic rings. The van der Waals surface area contributed by atoms with E-state index in [1.165, 1.54) is 0 Å². The summed E-state index contributed by atoms with van der Waals surface area (Å²) in [4.78, 5) is 0. The summed E-state index contributed by atoms with van der Waals surface area (Å²) in [6.45, 7) is 9.07. The summed E-state index contributed by atoms with van der Waals surface area (Å²) in [7, 11) is -2.52. The SMILES string of the molecule is CCO[Si](CCC1OCCO1)(OCC)OCC. The van der Waals surface area contributed by atoms with Gasteiger partial charge in [0.25, 0.3) is 0 Å². The smallest absolute Gasteiger partial charge is 0.374 e. The van der Waals surface area contributed by atoms with Crippen LogP contribution in [-0.2, 0) is 22.8 Å². The van der Waals surface area contributed by atoms with Crippen molar-refractivity contribution >= 4 is 8.80 Å². The molecular weight excluding hydrogens is 240 g/mol. The Morgan fingerprint density at radius 1 is 0.941 bits per heavy atom. The van der Waals surface area contributed by atoms with Gasteiger partial charge in [0.05, 0.1) is 13.2 Å². The highest BCUT2D eigenvalue weighted by molar-refractivity contribution is 6.60. The van der Waals surface area contributed by atoms with E-state index in [0.29, 0.717) is 33.0 Å². The fourth-order valence-corrected chi connectivity index (χ4v) is 4.46. The molecule has 1 heterocycles. The molecule has 0 amide bonds. The third kappa shape index (κ3) is 5.03. The number of hydrogen-bond acceptors (Lipinski definition) is 5. The first kappa shape index (κ1) is 15.1. The van der Waals surface area contributed by atoms with Gasteiger partial charge >= 0.3 is 8.80 Å². The Morgan fingerprint density at radius 3 is 1.82 bits per heavy atom. The first-order valence-corrected chi connectivity index (χ1v) is 8.34. The van der Waals surface area contributed by atoms with E-state index in [1.54, 1.807) is 0 Å². The molecular formula is C11H24O5Si. The molecule has 0 saturated carbocycles. The van der Waals surface area contributed by atoms with Crippen LogP contribution in [0.25, 0.3) is 0 Å². The predicted molar refractivity (Wildman–Crippen MR) is 65.7 cm³/mol. The number of ether oxygens (including phenoxy) is 2. The summed E-state index contributed by atoms with van der Waals surface area (Å²) >= 11 is 0. The third-order valence-electron chi connectivity index (χ3n) is 2.47. The van der Waals surface area contributed by atoms with Gasteiger partial charge in [0.1, 0.15) is 0 Å². The molecule has 0 aromatic carbocycles. The standard InChI is InChI=1S/C11H24O5Si/c1-4-14-17(15-5-2,16-6-3)10-7-11-12-8-9-13-11/h11H,4-10H2,1-3H3. The second kappa shape index (κ2) is 8.18. The highest BCUT2D eigenvalue weighted by Crippen LogP contribution is 2.22. The molecule has 6 heteroatoms. The van der Waals surface area contributed by atoms with Crippen molar-refractivity contribution in [2.75, 3.05) is 33.0 Å². The van der Waals surface area contributed by atoms with Crippen LogP contribution in [0.3, 0.4) is 0 Å². The molecule has 1 aliphatic heterocycles. The van der Waals surface area contributed by atoms with Crippen LogP contribution in [0.4, 0.5) is 0 Å². The number of rotatable bonds is 9. The van der Waals surface area contributed by atoms with Crippen molar-refractivity contribution in [3.8, 4) is 0 Å². The fourth-order valence-electron chi connectivity index (χ4n) is 1.87. The summed E-state index contributed by atoms with van der Waals surface area (Å²) < 4.78 is 28.1. The Balaban J connectivity index is 2.46. The highest BCUT2D eigenvalue weighted by atomic mass is 28.4. The van der Waals surface area contributed by atoms with Crippen LogP contribution in [0.2, 0.25) is 6.04 Å². The van der Waals surface area contributed by atoms with Crippen LogP contribution in [-0.4, -0.2) is 48.1 Å². The van der Waals surface area contributed by atoms with Gasteiger partial charge < -0.3 is 22.8 Å². The molecule has 17 heavy (non-hydrogen) atoms. The lowest BCUT2D eigenvalue weighted by Crippen LogP contribution is -2.46. The molecule has 0 spiro atoms. The molecule has 0 unspecified atom stereocenters. The molecule has 0 atom stereocenters. The summed E-state index contributed by atoms with van der Waals surface area (Å²) in [5.74, 6) is 0. The summed E-state index contributed by atoms with van der Waals surface area (Å²) in [5.41, 5.74) is 0. The Labute approximate surface area is 105 Å².